The molecule has 0 aromatic heterocycles. The van der Waals surface area contributed by atoms with E-state index in [4.69, 9.17) is 25.8 Å². The molecule has 0 aliphatic carbocycles. The molecule has 3 rings (SSSR count). The number of para-hydroxylation sites is 1. The van der Waals surface area contributed by atoms with Crippen molar-refractivity contribution in [1.82, 2.24) is 5.43 Å². The summed E-state index contributed by atoms with van der Waals surface area (Å²) in [7, 11) is 1.57. The highest BCUT2D eigenvalue weighted by Crippen LogP contribution is 2.28. The van der Waals surface area contributed by atoms with Crippen LogP contribution in [-0.2, 0) is 11.4 Å². The van der Waals surface area contributed by atoms with E-state index < -0.39 is 0 Å². The first kappa shape index (κ1) is 24.1. The summed E-state index contributed by atoms with van der Waals surface area (Å²) < 4.78 is 16.9. The molecule has 0 aliphatic rings. The zero-order valence-electron chi connectivity index (χ0n) is 18.9. The van der Waals surface area contributed by atoms with E-state index in [1.807, 2.05) is 54.6 Å². The Bertz CT molecular complexity index is 1100. The Kier molecular flexibility index (Phi) is 8.72. The van der Waals surface area contributed by atoms with Gasteiger partial charge in [-0.05, 0) is 59.0 Å². The first-order valence-electron chi connectivity index (χ1n) is 10.5. The number of carbonyl (C=O) groups is 1. The van der Waals surface area contributed by atoms with Crippen LogP contribution in [0.25, 0.3) is 0 Å². The van der Waals surface area contributed by atoms with Gasteiger partial charge in [0.1, 0.15) is 12.4 Å². The molecule has 0 aliphatic heterocycles. The molecule has 172 valence electrons. The number of methoxy groups -OCH3 is 1. The van der Waals surface area contributed by atoms with E-state index in [9.17, 15) is 4.79 Å². The van der Waals surface area contributed by atoms with Crippen molar-refractivity contribution in [3.8, 4) is 17.2 Å². The van der Waals surface area contributed by atoms with Crippen LogP contribution in [0.5, 0.6) is 17.2 Å². The van der Waals surface area contributed by atoms with Gasteiger partial charge in [0.05, 0.1) is 13.3 Å². The van der Waals surface area contributed by atoms with E-state index in [2.05, 4.69) is 24.4 Å². The molecule has 0 bridgehead atoms. The topological polar surface area (TPSA) is 69.2 Å². The lowest BCUT2D eigenvalue weighted by Crippen LogP contribution is -2.24. The van der Waals surface area contributed by atoms with Crippen LogP contribution in [0.3, 0.4) is 0 Å². The maximum atomic E-state index is 12.1. The van der Waals surface area contributed by atoms with Gasteiger partial charge in [-0.15, -0.1) is 0 Å². The molecular formula is C26H27ClN2O4. The number of rotatable bonds is 10. The number of nitrogens with one attached hydrogen (secondary N) is 1. The second-order valence-electron chi connectivity index (χ2n) is 7.60. The highest BCUT2D eigenvalue weighted by molar-refractivity contribution is 6.30. The zero-order chi connectivity index (χ0) is 23.6. The summed E-state index contributed by atoms with van der Waals surface area (Å²) in [4.78, 5) is 12.1. The Morgan fingerprint density at radius 2 is 1.76 bits per heavy atom. The Morgan fingerprint density at radius 3 is 2.48 bits per heavy atom. The number of hydrogen-bond acceptors (Lipinski definition) is 5. The minimum Gasteiger partial charge on any atom is -0.493 e. The Hall–Kier alpha value is -3.51. The van der Waals surface area contributed by atoms with Gasteiger partial charge in [0.15, 0.2) is 18.1 Å². The SMILES string of the molecule is COc1cc(/C=N/NC(=O)COc2ccccc2C(C)C)ccc1OCc1ccc(Cl)cc1. The molecule has 0 radical (unpaired) electrons. The van der Waals surface area contributed by atoms with Gasteiger partial charge >= 0.3 is 0 Å². The van der Waals surface area contributed by atoms with Crippen LogP contribution in [0.1, 0.15) is 36.5 Å². The van der Waals surface area contributed by atoms with Gasteiger partial charge in [-0.1, -0.05) is 55.8 Å². The van der Waals surface area contributed by atoms with E-state index in [0.717, 1.165) is 16.7 Å². The molecule has 7 heteroatoms. The van der Waals surface area contributed by atoms with Gasteiger partial charge < -0.3 is 14.2 Å². The van der Waals surface area contributed by atoms with E-state index in [0.29, 0.717) is 34.8 Å². The van der Waals surface area contributed by atoms with Crippen molar-refractivity contribution in [2.45, 2.75) is 26.4 Å². The summed E-state index contributed by atoms with van der Waals surface area (Å²) >= 11 is 5.91. The van der Waals surface area contributed by atoms with Crippen molar-refractivity contribution in [1.29, 1.82) is 0 Å². The number of halogens is 1. The largest absolute Gasteiger partial charge is 0.493 e. The fourth-order valence-corrected chi connectivity index (χ4v) is 3.19. The fourth-order valence-electron chi connectivity index (χ4n) is 3.07. The molecule has 6 nitrogen and oxygen atoms in total. The number of hydrazone groups is 1. The lowest BCUT2D eigenvalue weighted by molar-refractivity contribution is -0.123. The van der Waals surface area contributed by atoms with Gasteiger partial charge in [-0.3, -0.25) is 4.79 Å². The second-order valence-corrected chi connectivity index (χ2v) is 8.04. The highest BCUT2D eigenvalue weighted by atomic mass is 35.5. The lowest BCUT2D eigenvalue weighted by Gasteiger charge is -2.13. The molecule has 3 aromatic rings. The Balaban J connectivity index is 1.53. The number of benzene rings is 3. The number of hydrogen-bond donors (Lipinski definition) is 1. The van der Waals surface area contributed by atoms with E-state index >= 15 is 0 Å². The molecule has 0 unspecified atom stereocenters. The molecule has 0 heterocycles. The smallest absolute Gasteiger partial charge is 0.277 e. The first-order chi connectivity index (χ1) is 16.0. The summed E-state index contributed by atoms with van der Waals surface area (Å²) in [6.07, 6.45) is 1.53. The molecule has 33 heavy (non-hydrogen) atoms. The molecule has 0 fully saturated rings. The van der Waals surface area contributed by atoms with Crippen LogP contribution in [0.4, 0.5) is 0 Å². The quantitative estimate of drug-likeness (QED) is 0.313. The van der Waals surface area contributed by atoms with Gasteiger partial charge in [0.2, 0.25) is 0 Å². The molecule has 0 saturated heterocycles. The first-order valence-corrected chi connectivity index (χ1v) is 10.9. The van der Waals surface area contributed by atoms with Crippen molar-refractivity contribution in [2.24, 2.45) is 5.10 Å². The summed E-state index contributed by atoms with van der Waals surface area (Å²) in [5.74, 6) is 1.82. The van der Waals surface area contributed by atoms with Crippen LogP contribution in [0, 0.1) is 0 Å². The maximum absolute atomic E-state index is 12.1. The fraction of sp³-hybridized carbons (Fsp3) is 0.231. The number of nitrogens with zero attached hydrogens (tertiary/aromatic N) is 1. The van der Waals surface area contributed by atoms with Crippen molar-refractivity contribution >= 4 is 23.7 Å². The van der Waals surface area contributed by atoms with Crippen LogP contribution in [-0.4, -0.2) is 25.8 Å². The van der Waals surface area contributed by atoms with Crippen LogP contribution in [0.15, 0.2) is 71.8 Å². The van der Waals surface area contributed by atoms with Crippen molar-refractivity contribution < 1.29 is 19.0 Å². The number of ether oxygens (including phenoxy) is 3. The van der Waals surface area contributed by atoms with Crippen LogP contribution in [0.2, 0.25) is 5.02 Å². The maximum Gasteiger partial charge on any atom is 0.277 e. The summed E-state index contributed by atoms with van der Waals surface area (Å²) in [5, 5.41) is 4.68. The monoisotopic (exact) mass is 466 g/mol. The Labute approximate surface area is 199 Å². The average molecular weight is 467 g/mol. The minimum absolute atomic E-state index is 0.123. The van der Waals surface area contributed by atoms with Gasteiger partial charge in [-0.2, -0.15) is 5.10 Å². The van der Waals surface area contributed by atoms with Crippen LogP contribution >= 0.6 is 11.6 Å². The third-order valence-corrected chi connectivity index (χ3v) is 5.05. The molecule has 0 atom stereocenters. The molecule has 0 saturated carbocycles. The third kappa shape index (κ3) is 7.26. The van der Waals surface area contributed by atoms with E-state index in [1.165, 1.54) is 6.21 Å². The third-order valence-electron chi connectivity index (χ3n) is 4.80. The molecular weight excluding hydrogens is 440 g/mol. The van der Waals surface area contributed by atoms with Crippen LogP contribution < -0.4 is 19.6 Å². The molecule has 3 aromatic carbocycles. The predicted molar refractivity (Wildman–Crippen MR) is 131 cm³/mol. The summed E-state index contributed by atoms with van der Waals surface area (Å²) in [6.45, 7) is 4.42. The Morgan fingerprint density at radius 1 is 1.00 bits per heavy atom. The minimum atomic E-state index is -0.348. The summed E-state index contributed by atoms with van der Waals surface area (Å²) in [5.41, 5.74) is 5.27. The van der Waals surface area contributed by atoms with E-state index in [1.54, 1.807) is 19.2 Å². The number of carbonyl (C=O) groups excluding carboxylic acids is 1. The highest BCUT2D eigenvalue weighted by Gasteiger charge is 2.09. The average Bonchev–Trinajstić information content (AvgIpc) is 2.83. The summed E-state index contributed by atoms with van der Waals surface area (Å²) in [6, 6.07) is 20.5. The normalized spacial score (nSPS) is 10.9. The molecule has 1 amide bonds. The number of amides is 1. The van der Waals surface area contributed by atoms with E-state index in [-0.39, 0.29) is 12.5 Å². The zero-order valence-corrected chi connectivity index (χ0v) is 19.6. The lowest BCUT2D eigenvalue weighted by atomic mass is 10.0. The van der Waals surface area contributed by atoms with Gasteiger partial charge in [0.25, 0.3) is 5.91 Å². The predicted octanol–water partition coefficient (Wildman–Crippen LogP) is 5.58. The molecule has 1 N–H and O–H groups in total. The van der Waals surface area contributed by atoms with Crippen molar-refractivity contribution in [2.75, 3.05) is 13.7 Å². The van der Waals surface area contributed by atoms with Gasteiger partial charge in [0, 0.05) is 5.02 Å². The second kappa shape index (κ2) is 11.9. The van der Waals surface area contributed by atoms with Gasteiger partial charge in [-0.25, -0.2) is 5.43 Å². The standard InChI is InChI=1S/C26H27ClN2O4/c1-18(2)22-6-4-5-7-23(22)33-17-26(30)29-28-15-20-10-13-24(25(14-20)31-3)32-16-19-8-11-21(27)12-9-19/h4-15,18H,16-17H2,1-3H3,(H,29,30)/b28-15+. The van der Waals surface area contributed by atoms with Crippen molar-refractivity contribution in [3.05, 3.63) is 88.4 Å². The van der Waals surface area contributed by atoms with Crippen molar-refractivity contribution in [3.63, 3.8) is 0 Å². The molecule has 0 spiro atoms.